The first-order valence-electron chi connectivity index (χ1n) is 7.86. The molecule has 0 saturated carbocycles. The Morgan fingerprint density at radius 1 is 1.24 bits per heavy atom. The van der Waals surface area contributed by atoms with E-state index in [0.29, 0.717) is 13.1 Å². The summed E-state index contributed by atoms with van der Waals surface area (Å²) in [5.41, 5.74) is -0.427. The number of hydrogen-bond acceptors (Lipinski definition) is 5. The van der Waals surface area contributed by atoms with Gasteiger partial charge in [0.2, 0.25) is 0 Å². The van der Waals surface area contributed by atoms with Gasteiger partial charge in [-0.3, -0.25) is 14.6 Å². The van der Waals surface area contributed by atoms with Gasteiger partial charge in [0.05, 0.1) is 14.2 Å². The molecule has 1 aromatic heterocycles. The number of carbonyl (C=O) groups is 1. The van der Waals surface area contributed by atoms with Gasteiger partial charge in [-0.25, -0.2) is 4.79 Å². The van der Waals surface area contributed by atoms with Gasteiger partial charge in [0, 0.05) is 30.8 Å². The normalized spacial score (nSPS) is 16.7. The van der Waals surface area contributed by atoms with Crippen LogP contribution in [-0.4, -0.2) is 48.1 Å². The number of rotatable bonds is 4. The quantitative estimate of drug-likeness (QED) is 0.849. The molecule has 1 aliphatic rings. The maximum Gasteiger partial charge on any atom is 0.325 e. The summed E-state index contributed by atoms with van der Waals surface area (Å²) in [5.74, 6) is 1.14. The van der Waals surface area contributed by atoms with Crippen LogP contribution < -0.4 is 20.7 Å². The molecule has 1 unspecified atom stereocenters. The summed E-state index contributed by atoms with van der Waals surface area (Å²) in [7, 11) is 3.20. The molecule has 1 amide bonds. The highest BCUT2D eigenvalue weighted by Crippen LogP contribution is 2.36. The molecular formula is C17H19N3O5. The second-order valence-electron chi connectivity index (χ2n) is 5.83. The predicted octanol–water partition coefficient (Wildman–Crippen LogP) is 0.710. The number of nitrogens with one attached hydrogen (secondary N) is 2. The lowest BCUT2D eigenvalue weighted by Gasteiger charge is -2.18. The number of likely N-dealkylation sites (tertiary alicyclic amines) is 1. The lowest BCUT2D eigenvalue weighted by atomic mass is 9.97. The summed E-state index contributed by atoms with van der Waals surface area (Å²) in [6, 6.07) is 5.57. The van der Waals surface area contributed by atoms with Gasteiger partial charge < -0.3 is 19.4 Å². The summed E-state index contributed by atoms with van der Waals surface area (Å²) in [6.07, 6.45) is 1.90. The summed E-state index contributed by atoms with van der Waals surface area (Å²) in [6.45, 7) is 0.976. The van der Waals surface area contributed by atoms with Crippen LogP contribution in [0.25, 0.3) is 0 Å². The van der Waals surface area contributed by atoms with Crippen LogP contribution in [0.4, 0.5) is 0 Å². The van der Waals surface area contributed by atoms with E-state index in [2.05, 4.69) is 9.97 Å². The highest BCUT2D eigenvalue weighted by Gasteiger charge is 2.31. The molecule has 2 heterocycles. The predicted molar refractivity (Wildman–Crippen MR) is 90.5 cm³/mol. The number of H-pyrrole nitrogens is 2. The zero-order valence-corrected chi connectivity index (χ0v) is 14.0. The van der Waals surface area contributed by atoms with Crippen LogP contribution in [0.3, 0.4) is 0 Å². The number of ether oxygens (including phenoxy) is 2. The van der Waals surface area contributed by atoms with E-state index in [-0.39, 0.29) is 11.5 Å². The number of aromatic nitrogens is 2. The Labute approximate surface area is 143 Å². The van der Waals surface area contributed by atoms with Crippen molar-refractivity contribution in [2.45, 2.75) is 12.3 Å². The van der Waals surface area contributed by atoms with Crippen LogP contribution in [0.5, 0.6) is 11.5 Å². The topological polar surface area (TPSA) is 104 Å². The van der Waals surface area contributed by atoms with Gasteiger partial charge in [-0.2, -0.15) is 0 Å². The number of nitrogens with zero attached hydrogens (tertiary/aromatic N) is 1. The molecule has 3 rings (SSSR count). The molecule has 0 spiro atoms. The van der Waals surface area contributed by atoms with Crippen LogP contribution in [-0.2, 0) is 0 Å². The fourth-order valence-corrected chi connectivity index (χ4v) is 3.10. The first-order valence-corrected chi connectivity index (χ1v) is 7.86. The maximum atomic E-state index is 12.6. The molecule has 2 N–H and O–H groups in total. The van der Waals surface area contributed by atoms with Crippen LogP contribution >= 0.6 is 0 Å². The van der Waals surface area contributed by atoms with Crippen molar-refractivity contribution >= 4 is 5.91 Å². The first-order chi connectivity index (χ1) is 12.0. The average Bonchev–Trinajstić information content (AvgIpc) is 3.10. The molecule has 1 aromatic carbocycles. The number of aromatic amines is 2. The Hall–Kier alpha value is -3.03. The Kier molecular flexibility index (Phi) is 4.60. The lowest BCUT2D eigenvalue weighted by Crippen LogP contribution is -2.35. The molecule has 0 aliphatic carbocycles. The van der Waals surface area contributed by atoms with Crippen LogP contribution in [0.1, 0.15) is 28.3 Å². The SMILES string of the molecule is COc1ccc(OC)c(C2CCN(C(=O)c3c[nH]c(=O)[nH]c3=O)C2)c1. The van der Waals surface area contributed by atoms with Gasteiger partial charge in [0.15, 0.2) is 0 Å². The monoisotopic (exact) mass is 345 g/mol. The first kappa shape index (κ1) is 16.8. The lowest BCUT2D eigenvalue weighted by molar-refractivity contribution is 0.0788. The molecule has 1 fully saturated rings. The van der Waals surface area contributed by atoms with Gasteiger partial charge in [-0.05, 0) is 24.6 Å². The summed E-state index contributed by atoms with van der Waals surface area (Å²) in [4.78, 5) is 41.5. The van der Waals surface area contributed by atoms with Gasteiger partial charge in [-0.15, -0.1) is 0 Å². The standard InChI is InChI=1S/C17H19N3O5/c1-24-11-3-4-14(25-2)12(7-11)10-5-6-20(9-10)16(22)13-8-18-17(23)19-15(13)21/h3-4,7-8,10H,5-6,9H2,1-2H3,(H2,18,19,21,23). The van der Waals surface area contributed by atoms with Gasteiger partial charge in [0.25, 0.3) is 11.5 Å². The molecule has 1 aliphatic heterocycles. The van der Waals surface area contributed by atoms with E-state index < -0.39 is 17.2 Å². The highest BCUT2D eigenvalue weighted by molar-refractivity contribution is 5.93. The van der Waals surface area contributed by atoms with Crippen molar-refractivity contribution in [3.05, 3.63) is 56.4 Å². The largest absolute Gasteiger partial charge is 0.497 e. The van der Waals surface area contributed by atoms with Crippen molar-refractivity contribution in [2.75, 3.05) is 27.3 Å². The van der Waals surface area contributed by atoms with Crippen LogP contribution in [0.15, 0.2) is 34.0 Å². The third kappa shape index (κ3) is 3.28. The Bertz CT molecular complexity index is 902. The van der Waals surface area contributed by atoms with Gasteiger partial charge >= 0.3 is 5.69 Å². The van der Waals surface area contributed by atoms with Crippen LogP contribution in [0.2, 0.25) is 0 Å². The van der Waals surface area contributed by atoms with Crippen molar-refractivity contribution in [3.8, 4) is 11.5 Å². The van der Waals surface area contributed by atoms with E-state index >= 15 is 0 Å². The highest BCUT2D eigenvalue weighted by atomic mass is 16.5. The van der Waals surface area contributed by atoms with Gasteiger partial charge in [0.1, 0.15) is 17.1 Å². The summed E-state index contributed by atoms with van der Waals surface area (Å²) < 4.78 is 10.7. The second kappa shape index (κ2) is 6.84. The van der Waals surface area contributed by atoms with Crippen molar-refractivity contribution in [3.63, 3.8) is 0 Å². The van der Waals surface area contributed by atoms with E-state index in [0.717, 1.165) is 29.7 Å². The van der Waals surface area contributed by atoms with Crippen molar-refractivity contribution in [2.24, 2.45) is 0 Å². The number of amides is 1. The molecule has 25 heavy (non-hydrogen) atoms. The van der Waals surface area contributed by atoms with Crippen molar-refractivity contribution < 1.29 is 14.3 Å². The molecule has 1 atom stereocenters. The Morgan fingerprint density at radius 2 is 2.04 bits per heavy atom. The minimum atomic E-state index is -0.684. The zero-order valence-electron chi connectivity index (χ0n) is 14.0. The van der Waals surface area contributed by atoms with Crippen molar-refractivity contribution in [1.82, 2.24) is 14.9 Å². The van der Waals surface area contributed by atoms with Crippen molar-refractivity contribution in [1.29, 1.82) is 0 Å². The second-order valence-corrected chi connectivity index (χ2v) is 5.83. The molecule has 2 aromatic rings. The average molecular weight is 345 g/mol. The third-order valence-corrected chi connectivity index (χ3v) is 4.40. The van der Waals surface area contributed by atoms with E-state index in [4.69, 9.17) is 9.47 Å². The summed E-state index contributed by atoms with van der Waals surface area (Å²) >= 11 is 0. The molecule has 132 valence electrons. The minimum absolute atomic E-state index is 0.0714. The third-order valence-electron chi connectivity index (χ3n) is 4.40. The molecular weight excluding hydrogens is 326 g/mol. The fraction of sp³-hybridized carbons (Fsp3) is 0.353. The smallest absolute Gasteiger partial charge is 0.325 e. The van der Waals surface area contributed by atoms with E-state index in [9.17, 15) is 14.4 Å². The van der Waals surface area contributed by atoms with E-state index in [1.54, 1.807) is 19.1 Å². The Morgan fingerprint density at radius 3 is 2.72 bits per heavy atom. The molecule has 0 radical (unpaired) electrons. The van der Waals surface area contributed by atoms with Crippen LogP contribution in [0, 0.1) is 0 Å². The number of benzene rings is 1. The maximum absolute atomic E-state index is 12.6. The molecule has 8 heteroatoms. The zero-order chi connectivity index (χ0) is 18.0. The molecule has 0 bridgehead atoms. The summed E-state index contributed by atoms with van der Waals surface area (Å²) in [5, 5.41) is 0. The number of carbonyl (C=O) groups excluding carboxylic acids is 1. The Balaban J connectivity index is 1.83. The number of methoxy groups -OCH3 is 2. The van der Waals surface area contributed by atoms with Gasteiger partial charge in [-0.1, -0.05) is 0 Å². The molecule has 1 saturated heterocycles. The molecule has 8 nitrogen and oxygen atoms in total. The number of hydrogen-bond donors (Lipinski definition) is 2. The minimum Gasteiger partial charge on any atom is -0.497 e. The van der Waals surface area contributed by atoms with E-state index in [1.807, 2.05) is 18.2 Å². The van der Waals surface area contributed by atoms with E-state index in [1.165, 1.54) is 0 Å². The fourth-order valence-electron chi connectivity index (χ4n) is 3.10.